The van der Waals surface area contributed by atoms with Crippen molar-refractivity contribution in [1.29, 1.82) is 0 Å². The summed E-state index contributed by atoms with van der Waals surface area (Å²) in [6, 6.07) is -0.781. The van der Waals surface area contributed by atoms with Gasteiger partial charge in [0.1, 0.15) is 12.1 Å². The molecule has 0 aromatic carbocycles. The van der Waals surface area contributed by atoms with Gasteiger partial charge in [0.25, 0.3) is 0 Å². The van der Waals surface area contributed by atoms with E-state index in [1.807, 2.05) is 14.0 Å². The number of nitrogens with zero attached hydrogens (tertiary/aromatic N) is 2. The van der Waals surface area contributed by atoms with E-state index < -0.39 is 6.04 Å². The van der Waals surface area contributed by atoms with Crippen molar-refractivity contribution in [2.24, 2.45) is 0 Å². The van der Waals surface area contributed by atoms with Crippen molar-refractivity contribution in [2.75, 3.05) is 33.3 Å². The zero-order valence-electron chi connectivity index (χ0n) is 12.6. The maximum Gasteiger partial charge on any atom is 0.245 e. The van der Waals surface area contributed by atoms with E-state index in [1.165, 1.54) is 0 Å². The van der Waals surface area contributed by atoms with Gasteiger partial charge in [-0.2, -0.15) is 0 Å². The van der Waals surface area contributed by atoms with Gasteiger partial charge in [-0.15, -0.1) is 0 Å². The summed E-state index contributed by atoms with van der Waals surface area (Å²) in [6.07, 6.45) is 1.56. The van der Waals surface area contributed by atoms with Crippen LogP contribution in [0.5, 0.6) is 0 Å². The number of nitrogens with one attached hydrogen (secondary N) is 1. The first-order chi connectivity index (χ1) is 9.52. The molecule has 0 radical (unpaired) electrons. The molecule has 2 amide bonds. The fraction of sp³-hybridized carbons (Fsp3) is 0.857. The highest BCUT2D eigenvalue weighted by Crippen LogP contribution is 2.15. The zero-order valence-corrected chi connectivity index (χ0v) is 12.6. The molecule has 3 atom stereocenters. The third-order valence-electron chi connectivity index (χ3n) is 4.06. The molecule has 1 N–H and O–H groups in total. The number of ether oxygens (including phenoxy) is 1. The van der Waals surface area contributed by atoms with Crippen LogP contribution in [0.15, 0.2) is 0 Å². The molecule has 2 saturated heterocycles. The highest BCUT2D eigenvalue weighted by molar-refractivity contribution is 5.96. The van der Waals surface area contributed by atoms with Gasteiger partial charge in [-0.05, 0) is 20.4 Å². The maximum atomic E-state index is 12.5. The van der Waals surface area contributed by atoms with Crippen LogP contribution in [-0.4, -0.2) is 73.1 Å². The Morgan fingerprint density at radius 3 is 2.80 bits per heavy atom. The Bertz CT molecular complexity index is 375. The fourth-order valence-electron chi connectivity index (χ4n) is 2.82. The van der Waals surface area contributed by atoms with E-state index in [0.29, 0.717) is 19.6 Å². The van der Waals surface area contributed by atoms with Crippen molar-refractivity contribution < 1.29 is 14.3 Å². The largest absolute Gasteiger partial charge is 0.374 e. The second-order valence-corrected chi connectivity index (χ2v) is 5.77. The summed E-state index contributed by atoms with van der Waals surface area (Å²) >= 11 is 0. The van der Waals surface area contributed by atoms with Crippen LogP contribution in [0.4, 0.5) is 0 Å². The number of carbonyl (C=O) groups is 2. The summed E-state index contributed by atoms with van der Waals surface area (Å²) < 4.78 is 5.71. The second kappa shape index (κ2) is 6.54. The molecule has 0 saturated carbocycles. The molecule has 0 bridgehead atoms. The Kier molecular flexibility index (Phi) is 4.99. The van der Waals surface area contributed by atoms with E-state index in [1.54, 1.807) is 11.8 Å². The van der Waals surface area contributed by atoms with Gasteiger partial charge in [0.2, 0.25) is 11.8 Å². The Morgan fingerprint density at radius 2 is 2.15 bits per heavy atom. The van der Waals surface area contributed by atoms with Crippen molar-refractivity contribution in [2.45, 2.75) is 44.9 Å². The standard InChI is InChI=1S/C14H25N3O3/c1-4-5-12-14(19)17(10(2)13(18)15-12)9-11-8-16(3)6-7-20-11/h10-12H,4-9H2,1-3H3,(H,15,18). The monoisotopic (exact) mass is 283 g/mol. The van der Waals surface area contributed by atoms with Crippen LogP contribution in [0, 0.1) is 0 Å². The van der Waals surface area contributed by atoms with E-state index in [-0.39, 0.29) is 24.0 Å². The predicted octanol–water partition coefficient (Wildman–Crippen LogP) is -0.167. The first kappa shape index (κ1) is 15.3. The minimum Gasteiger partial charge on any atom is -0.374 e. The normalized spacial score (nSPS) is 32.4. The van der Waals surface area contributed by atoms with E-state index >= 15 is 0 Å². The fourth-order valence-corrected chi connectivity index (χ4v) is 2.82. The summed E-state index contributed by atoms with van der Waals surface area (Å²) in [7, 11) is 2.05. The lowest BCUT2D eigenvalue weighted by Gasteiger charge is -2.40. The second-order valence-electron chi connectivity index (χ2n) is 5.77. The third-order valence-corrected chi connectivity index (χ3v) is 4.06. The molecule has 2 rings (SSSR count). The van der Waals surface area contributed by atoms with Crippen molar-refractivity contribution in [3.63, 3.8) is 0 Å². The number of amides is 2. The van der Waals surface area contributed by atoms with Gasteiger partial charge < -0.3 is 19.9 Å². The van der Waals surface area contributed by atoms with Crippen molar-refractivity contribution in [1.82, 2.24) is 15.1 Å². The van der Waals surface area contributed by atoms with Crippen molar-refractivity contribution in [3.05, 3.63) is 0 Å². The van der Waals surface area contributed by atoms with Crippen molar-refractivity contribution >= 4 is 11.8 Å². The highest BCUT2D eigenvalue weighted by atomic mass is 16.5. The van der Waals surface area contributed by atoms with Gasteiger partial charge in [0.15, 0.2) is 0 Å². The molecule has 2 aliphatic rings. The summed E-state index contributed by atoms with van der Waals surface area (Å²) in [5.74, 6) is -0.0389. The third kappa shape index (κ3) is 3.30. The van der Waals surface area contributed by atoms with Crippen molar-refractivity contribution in [3.8, 4) is 0 Å². The molecular formula is C14H25N3O3. The lowest BCUT2D eigenvalue weighted by Crippen LogP contribution is -2.64. The first-order valence-corrected chi connectivity index (χ1v) is 7.44. The van der Waals surface area contributed by atoms with Crippen LogP contribution in [0.3, 0.4) is 0 Å². The van der Waals surface area contributed by atoms with E-state index in [0.717, 1.165) is 19.5 Å². The number of carbonyl (C=O) groups excluding carboxylic acids is 2. The van der Waals surface area contributed by atoms with E-state index in [9.17, 15) is 9.59 Å². The average molecular weight is 283 g/mol. The van der Waals surface area contributed by atoms with Gasteiger partial charge >= 0.3 is 0 Å². The van der Waals surface area contributed by atoms with Gasteiger partial charge in [-0.25, -0.2) is 0 Å². The van der Waals surface area contributed by atoms with E-state index in [4.69, 9.17) is 4.74 Å². The number of piperazine rings is 1. The SMILES string of the molecule is CCCC1NC(=O)C(C)N(CC2CN(C)CCO2)C1=O. The van der Waals surface area contributed by atoms with Crippen LogP contribution in [0.1, 0.15) is 26.7 Å². The smallest absolute Gasteiger partial charge is 0.245 e. The molecule has 0 aliphatic carbocycles. The van der Waals surface area contributed by atoms with Gasteiger partial charge in [-0.1, -0.05) is 13.3 Å². The summed E-state index contributed by atoms with van der Waals surface area (Å²) in [5, 5.41) is 2.81. The van der Waals surface area contributed by atoms with Gasteiger partial charge in [0, 0.05) is 19.6 Å². The lowest BCUT2D eigenvalue weighted by molar-refractivity contribution is -0.152. The molecule has 2 heterocycles. The number of morpholine rings is 1. The Balaban J connectivity index is 2.02. The Morgan fingerprint density at radius 1 is 1.40 bits per heavy atom. The predicted molar refractivity (Wildman–Crippen MR) is 75.3 cm³/mol. The molecule has 0 aromatic heterocycles. The number of hydrogen-bond acceptors (Lipinski definition) is 4. The molecule has 2 fully saturated rings. The molecule has 20 heavy (non-hydrogen) atoms. The molecule has 0 aromatic rings. The van der Waals surface area contributed by atoms with Gasteiger partial charge in [0.05, 0.1) is 12.7 Å². The summed E-state index contributed by atoms with van der Waals surface area (Å²) in [5.41, 5.74) is 0. The minimum atomic E-state index is -0.411. The molecule has 3 unspecified atom stereocenters. The Labute approximate surface area is 120 Å². The van der Waals surface area contributed by atoms with E-state index in [2.05, 4.69) is 10.2 Å². The highest BCUT2D eigenvalue weighted by Gasteiger charge is 2.38. The summed E-state index contributed by atoms with van der Waals surface area (Å²) in [4.78, 5) is 28.3. The average Bonchev–Trinajstić information content (AvgIpc) is 2.41. The molecule has 6 nitrogen and oxygen atoms in total. The van der Waals surface area contributed by atoms with Crippen LogP contribution < -0.4 is 5.32 Å². The number of rotatable bonds is 4. The number of likely N-dealkylation sites (N-methyl/N-ethyl adjacent to an activating group) is 1. The zero-order chi connectivity index (χ0) is 14.7. The summed E-state index contributed by atoms with van der Waals surface area (Å²) in [6.45, 7) is 6.69. The molecule has 6 heteroatoms. The number of hydrogen-bond donors (Lipinski definition) is 1. The van der Waals surface area contributed by atoms with Crippen LogP contribution in [0.2, 0.25) is 0 Å². The van der Waals surface area contributed by atoms with Crippen LogP contribution in [-0.2, 0) is 14.3 Å². The molecular weight excluding hydrogens is 258 g/mol. The maximum absolute atomic E-state index is 12.5. The Hall–Kier alpha value is -1.14. The lowest BCUT2D eigenvalue weighted by atomic mass is 10.0. The van der Waals surface area contributed by atoms with Crippen LogP contribution >= 0.6 is 0 Å². The minimum absolute atomic E-state index is 0.00618. The molecule has 114 valence electrons. The quantitative estimate of drug-likeness (QED) is 0.778. The molecule has 2 aliphatic heterocycles. The van der Waals surface area contributed by atoms with Gasteiger partial charge in [-0.3, -0.25) is 9.59 Å². The topological polar surface area (TPSA) is 61.9 Å². The first-order valence-electron chi connectivity index (χ1n) is 7.44. The molecule has 0 spiro atoms. The van der Waals surface area contributed by atoms with Crippen LogP contribution in [0.25, 0.3) is 0 Å².